The van der Waals surface area contributed by atoms with Gasteiger partial charge in [-0.15, -0.1) is 0 Å². The van der Waals surface area contributed by atoms with Gasteiger partial charge in [0, 0.05) is 30.9 Å². The van der Waals surface area contributed by atoms with Gasteiger partial charge in [0.25, 0.3) is 0 Å². The number of amides is 3. The molecule has 0 saturated carbocycles. The first kappa shape index (κ1) is 17.0. The fourth-order valence-electron chi connectivity index (χ4n) is 3.05. The molecule has 0 aliphatic carbocycles. The van der Waals surface area contributed by atoms with E-state index in [1.54, 1.807) is 0 Å². The molecule has 2 aromatic carbocycles. The summed E-state index contributed by atoms with van der Waals surface area (Å²) in [6.45, 7) is 3.21. The highest BCUT2D eigenvalue weighted by atomic mass is 16.2. The van der Waals surface area contributed by atoms with Crippen LogP contribution in [-0.2, 0) is 11.3 Å². The third-order valence-electron chi connectivity index (χ3n) is 4.36. The van der Waals surface area contributed by atoms with Crippen LogP contribution < -0.4 is 15.5 Å². The summed E-state index contributed by atoms with van der Waals surface area (Å²) in [7, 11) is 0. The third kappa shape index (κ3) is 4.38. The van der Waals surface area contributed by atoms with Gasteiger partial charge in [0.05, 0.1) is 0 Å². The zero-order valence-electron chi connectivity index (χ0n) is 14.4. The minimum atomic E-state index is -0.245. The van der Waals surface area contributed by atoms with Crippen molar-refractivity contribution in [2.45, 2.75) is 32.7 Å². The summed E-state index contributed by atoms with van der Waals surface area (Å²) in [5, 5.41) is 5.68. The van der Waals surface area contributed by atoms with Crippen molar-refractivity contribution >= 4 is 23.3 Å². The fraction of sp³-hybridized carbons (Fsp3) is 0.300. The quantitative estimate of drug-likeness (QED) is 0.890. The Morgan fingerprint density at radius 1 is 1.12 bits per heavy atom. The van der Waals surface area contributed by atoms with Crippen LogP contribution in [0.2, 0.25) is 0 Å². The van der Waals surface area contributed by atoms with Crippen LogP contribution in [0.25, 0.3) is 0 Å². The van der Waals surface area contributed by atoms with Gasteiger partial charge in [-0.1, -0.05) is 30.3 Å². The second kappa shape index (κ2) is 7.83. The fourth-order valence-corrected chi connectivity index (χ4v) is 3.05. The maximum Gasteiger partial charge on any atom is 0.319 e. The van der Waals surface area contributed by atoms with Crippen molar-refractivity contribution in [1.29, 1.82) is 0 Å². The summed E-state index contributed by atoms with van der Waals surface area (Å²) in [4.78, 5) is 26.0. The molecule has 0 atom stereocenters. The van der Waals surface area contributed by atoms with Gasteiger partial charge in [0.1, 0.15) is 0 Å². The van der Waals surface area contributed by atoms with E-state index in [0.717, 1.165) is 41.9 Å². The van der Waals surface area contributed by atoms with Crippen LogP contribution in [0.15, 0.2) is 48.5 Å². The lowest BCUT2D eigenvalue weighted by molar-refractivity contribution is -0.119. The molecule has 130 valence electrons. The van der Waals surface area contributed by atoms with E-state index >= 15 is 0 Å². The van der Waals surface area contributed by atoms with E-state index in [9.17, 15) is 9.59 Å². The molecule has 1 fully saturated rings. The van der Waals surface area contributed by atoms with Gasteiger partial charge >= 0.3 is 6.03 Å². The highest BCUT2D eigenvalue weighted by Gasteiger charge is 2.21. The molecule has 1 saturated heterocycles. The molecule has 0 bridgehead atoms. The minimum Gasteiger partial charge on any atom is -0.334 e. The number of nitrogens with zero attached hydrogens (tertiary/aromatic N) is 1. The molecule has 5 heteroatoms. The van der Waals surface area contributed by atoms with Gasteiger partial charge in [-0.05, 0) is 49.1 Å². The first-order valence-electron chi connectivity index (χ1n) is 8.63. The van der Waals surface area contributed by atoms with Crippen molar-refractivity contribution in [2.75, 3.05) is 16.8 Å². The second-order valence-electron chi connectivity index (χ2n) is 6.30. The lowest BCUT2D eigenvalue weighted by Crippen LogP contribution is -2.35. The monoisotopic (exact) mass is 337 g/mol. The van der Waals surface area contributed by atoms with Crippen molar-refractivity contribution in [2.24, 2.45) is 0 Å². The molecule has 2 aromatic rings. The number of carbonyl (C=O) groups excluding carboxylic acids is 2. The Hall–Kier alpha value is -2.82. The van der Waals surface area contributed by atoms with E-state index in [4.69, 9.17) is 0 Å². The van der Waals surface area contributed by atoms with Crippen molar-refractivity contribution in [3.63, 3.8) is 0 Å². The van der Waals surface area contributed by atoms with Crippen molar-refractivity contribution < 1.29 is 9.59 Å². The third-order valence-corrected chi connectivity index (χ3v) is 4.36. The smallest absolute Gasteiger partial charge is 0.319 e. The molecule has 1 aliphatic heterocycles. The Morgan fingerprint density at radius 2 is 1.92 bits per heavy atom. The number of urea groups is 1. The Labute approximate surface area is 148 Å². The molecule has 0 radical (unpaired) electrons. The van der Waals surface area contributed by atoms with Crippen LogP contribution in [0.5, 0.6) is 0 Å². The summed E-state index contributed by atoms with van der Waals surface area (Å²) in [6, 6.07) is 15.2. The lowest BCUT2D eigenvalue weighted by Gasteiger charge is -2.28. The molecule has 0 unspecified atom stereocenters. The number of benzene rings is 2. The van der Waals surface area contributed by atoms with E-state index in [1.165, 1.54) is 0 Å². The number of anilines is 2. The van der Waals surface area contributed by atoms with Crippen LogP contribution in [0.3, 0.4) is 0 Å². The maximum atomic E-state index is 12.1. The zero-order valence-corrected chi connectivity index (χ0v) is 14.4. The Kier molecular flexibility index (Phi) is 5.33. The molecular weight excluding hydrogens is 314 g/mol. The molecule has 0 aromatic heterocycles. The van der Waals surface area contributed by atoms with E-state index < -0.39 is 0 Å². The number of hydrogen-bond acceptors (Lipinski definition) is 2. The van der Waals surface area contributed by atoms with Gasteiger partial charge < -0.3 is 15.5 Å². The molecule has 0 spiro atoms. The number of aryl methyl sites for hydroxylation is 1. The van der Waals surface area contributed by atoms with E-state index in [0.29, 0.717) is 13.0 Å². The van der Waals surface area contributed by atoms with E-state index in [2.05, 4.69) is 10.6 Å². The topological polar surface area (TPSA) is 61.4 Å². The second-order valence-corrected chi connectivity index (χ2v) is 6.30. The Bertz CT molecular complexity index is 759. The average Bonchev–Trinajstić information content (AvgIpc) is 2.62. The summed E-state index contributed by atoms with van der Waals surface area (Å²) < 4.78 is 0. The predicted molar refractivity (Wildman–Crippen MR) is 99.7 cm³/mol. The zero-order chi connectivity index (χ0) is 17.6. The SMILES string of the molecule is Cc1cc(NC(=O)NCc2ccccc2)ccc1N1CCCCC1=O. The summed E-state index contributed by atoms with van der Waals surface area (Å²) in [5.41, 5.74) is 3.68. The number of rotatable bonds is 4. The number of carbonyl (C=O) groups is 2. The molecule has 3 rings (SSSR count). The normalized spacial score (nSPS) is 14.3. The van der Waals surface area contributed by atoms with Crippen molar-refractivity contribution in [3.05, 3.63) is 59.7 Å². The summed E-state index contributed by atoms with van der Waals surface area (Å²) >= 11 is 0. The lowest BCUT2D eigenvalue weighted by atomic mass is 10.1. The largest absolute Gasteiger partial charge is 0.334 e. The number of hydrogen-bond donors (Lipinski definition) is 2. The van der Waals surface area contributed by atoms with Gasteiger partial charge in [-0.2, -0.15) is 0 Å². The first-order chi connectivity index (χ1) is 12.1. The van der Waals surface area contributed by atoms with E-state index in [-0.39, 0.29) is 11.9 Å². The van der Waals surface area contributed by atoms with Gasteiger partial charge in [0.15, 0.2) is 0 Å². The van der Waals surface area contributed by atoms with Gasteiger partial charge in [-0.3, -0.25) is 4.79 Å². The van der Waals surface area contributed by atoms with Crippen molar-refractivity contribution in [1.82, 2.24) is 5.32 Å². The summed E-state index contributed by atoms with van der Waals surface area (Å²) in [6.07, 6.45) is 2.62. The maximum absolute atomic E-state index is 12.1. The molecule has 2 N–H and O–H groups in total. The van der Waals surface area contributed by atoms with Crippen molar-refractivity contribution in [3.8, 4) is 0 Å². The molecular formula is C20H23N3O2. The molecule has 1 heterocycles. The Balaban J connectivity index is 1.60. The number of nitrogens with one attached hydrogen (secondary N) is 2. The predicted octanol–water partition coefficient (Wildman–Crippen LogP) is 3.83. The number of piperidine rings is 1. The molecule has 1 aliphatic rings. The van der Waals surface area contributed by atoms with Crippen LogP contribution in [0.1, 0.15) is 30.4 Å². The van der Waals surface area contributed by atoms with Crippen LogP contribution in [0.4, 0.5) is 16.2 Å². The minimum absolute atomic E-state index is 0.177. The Morgan fingerprint density at radius 3 is 2.64 bits per heavy atom. The first-order valence-corrected chi connectivity index (χ1v) is 8.63. The van der Waals surface area contributed by atoms with Gasteiger partial charge in [0.2, 0.25) is 5.91 Å². The van der Waals surface area contributed by atoms with Crippen LogP contribution >= 0.6 is 0 Å². The summed E-state index contributed by atoms with van der Waals surface area (Å²) in [5.74, 6) is 0.177. The molecule has 3 amide bonds. The highest BCUT2D eigenvalue weighted by molar-refractivity contribution is 5.95. The van der Waals surface area contributed by atoms with Gasteiger partial charge in [-0.25, -0.2) is 4.79 Å². The van der Waals surface area contributed by atoms with Crippen LogP contribution in [0, 0.1) is 6.92 Å². The highest BCUT2D eigenvalue weighted by Crippen LogP contribution is 2.27. The molecule has 5 nitrogen and oxygen atoms in total. The van der Waals surface area contributed by atoms with E-state index in [1.807, 2.05) is 60.4 Å². The molecule has 25 heavy (non-hydrogen) atoms. The average molecular weight is 337 g/mol. The standard InChI is InChI=1S/C20H23N3O2/c1-15-13-17(10-11-18(15)23-12-6-5-9-19(23)24)22-20(25)21-14-16-7-3-2-4-8-16/h2-4,7-8,10-11,13H,5-6,9,12,14H2,1H3,(H2,21,22,25). The van der Waals surface area contributed by atoms with Crippen LogP contribution in [-0.4, -0.2) is 18.5 Å².